The van der Waals surface area contributed by atoms with Crippen molar-refractivity contribution in [3.05, 3.63) is 23.7 Å². The lowest BCUT2D eigenvalue weighted by atomic mass is 9.94. The Bertz CT molecular complexity index is 512. The second-order valence-electron chi connectivity index (χ2n) is 5.09. The van der Waals surface area contributed by atoms with Gasteiger partial charge in [-0.1, -0.05) is 27.7 Å². The first-order chi connectivity index (χ1) is 8.49. The van der Waals surface area contributed by atoms with Gasteiger partial charge in [0.25, 0.3) is 0 Å². The van der Waals surface area contributed by atoms with Crippen molar-refractivity contribution in [2.75, 3.05) is 5.32 Å². The van der Waals surface area contributed by atoms with E-state index in [9.17, 15) is 0 Å². The van der Waals surface area contributed by atoms with Crippen LogP contribution >= 0.6 is 11.5 Å². The number of oxazole rings is 1. The third kappa shape index (κ3) is 3.07. The second-order valence-corrected chi connectivity index (χ2v) is 5.84. The molecule has 0 radical (unpaired) electrons. The Kier molecular flexibility index (Phi) is 3.65. The van der Waals surface area contributed by atoms with E-state index in [4.69, 9.17) is 4.42 Å². The summed E-state index contributed by atoms with van der Waals surface area (Å²) in [6.45, 7) is 8.87. The van der Waals surface area contributed by atoms with Crippen LogP contribution in [0.25, 0.3) is 0 Å². The van der Waals surface area contributed by atoms with Gasteiger partial charge in [0.05, 0.1) is 12.7 Å². The van der Waals surface area contributed by atoms with E-state index in [1.165, 1.54) is 11.5 Å². The maximum atomic E-state index is 5.69. The van der Waals surface area contributed by atoms with Gasteiger partial charge in [0.2, 0.25) is 11.0 Å². The normalized spacial score (nSPS) is 11.8. The Morgan fingerprint density at radius 2 is 2.17 bits per heavy atom. The Labute approximate surface area is 111 Å². The molecule has 0 bridgehead atoms. The zero-order valence-electron chi connectivity index (χ0n) is 11.1. The lowest BCUT2D eigenvalue weighted by Gasteiger charge is -2.13. The van der Waals surface area contributed by atoms with Crippen LogP contribution in [0, 0.1) is 0 Å². The summed E-state index contributed by atoms with van der Waals surface area (Å²) >= 11 is 1.36. The summed E-state index contributed by atoms with van der Waals surface area (Å²) < 4.78 is 9.89. The molecule has 0 amide bonds. The molecule has 0 saturated carbocycles. The van der Waals surface area contributed by atoms with Gasteiger partial charge in [-0.25, -0.2) is 9.97 Å². The standard InChI is InChI=1S/C12H18N4OS/c1-5-9-15-11(18-16-9)14-7-10-13-6-8(17-10)12(2,3)4/h6H,5,7H2,1-4H3,(H,14,15,16). The van der Waals surface area contributed by atoms with Crippen LogP contribution in [0.5, 0.6) is 0 Å². The zero-order chi connectivity index (χ0) is 13.2. The monoisotopic (exact) mass is 266 g/mol. The predicted molar refractivity (Wildman–Crippen MR) is 71.8 cm³/mol. The molecule has 0 aromatic carbocycles. The van der Waals surface area contributed by atoms with E-state index >= 15 is 0 Å². The van der Waals surface area contributed by atoms with E-state index in [2.05, 4.69) is 40.4 Å². The maximum Gasteiger partial charge on any atom is 0.213 e. The van der Waals surface area contributed by atoms with Crippen molar-refractivity contribution in [3.63, 3.8) is 0 Å². The first kappa shape index (κ1) is 13.0. The molecule has 98 valence electrons. The average Bonchev–Trinajstić information content (AvgIpc) is 2.94. The van der Waals surface area contributed by atoms with Crippen molar-refractivity contribution in [3.8, 4) is 0 Å². The zero-order valence-corrected chi connectivity index (χ0v) is 12.0. The minimum Gasteiger partial charge on any atom is -0.443 e. The van der Waals surface area contributed by atoms with Gasteiger partial charge in [-0.05, 0) is 0 Å². The predicted octanol–water partition coefficient (Wildman–Crippen LogP) is 3.00. The second kappa shape index (κ2) is 5.06. The van der Waals surface area contributed by atoms with Crippen molar-refractivity contribution in [2.24, 2.45) is 0 Å². The molecule has 0 unspecified atom stereocenters. The van der Waals surface area contributed by atoms with Gasteiger partial charge in [0.1, 0.15) is 11.6 Å². The number of aryl methyl sites for hydroxylation is 1. The Morgan fingerprint density at radius 1 is 1.39 bits per heavy atom. The fourth-order valence-electron chi connectivity index (χ4n) is 1.36. The molecule has 2 heterocycles. The van der Waals surface area contributed by atoms with Crippen molar-refractivity contribution < 1.29 is 4.42 Å². The number of hydrogen-bond acceptors (Lipinski definition) is 6. The first-order valence-corrected chi connectivity index (χ1v) is 6.78. The Balaban J connectivity index is 1.96. The molecular weight excluding hydrogens is 248 g/mol. The van der Waals surface area contributed by atoms with E-state index < -0.39 is 0 Å². The minimum absolute atomic E-state index is 0.0105. The lowest BCUT2D eigenvalue weighted by Crippen LogP contribution is -2.09. The van der Waals surface area contributed by atoms with Crippen molar-refractivity contribution in [1.82, 2.24) is 14.3 Å². The van der Waals surface area contributed by atoms with Gasteiger partial charge < -0.3 is 9.73 Å². The van der Waals surface area contributed by atoms with Crippen LogP contribution in [-0.2, 0) is 18.4 Å². The quantitative estimate of drug-likeness (QED) is 0.921. The highest BCUT2D eigenvalue weighted by atomic mass is 32.1. The topological polar surface area (TPSA) is 63.8 Å². The van der Waals surface area contributed by atoms with Gasteiger partial charge in [0.15, 0.2) is 0 Å². The highest BCUT2D eigenvalue weighted by molar-refractivity contribution is 7.09. The SMILES string of the molecule is CCc1nsc(NCc2ncc(C(C)(C)C)o2)n1. The Hall–Kier alpha value is -1.43. The summed E-state index contributed by atoms with van der Waals surface area (Å²) in [7, 11) is 0. The van der Waals surface area contributed by atoms with Crippen molar-refractivity contribution in [2.45, 2.75) is 46.1 Å². The highest BCUT2D eigenvalue weighted by Crippen LogP contribution is 2.23. The molecular formula is C12H18N4OS. The third-order valence-electron chi connectivity index (χ3n) is 2.47. The number of aromatic nitrogens is 3. The van der Waals surface area contributed by atoms with E-state index in [1.54, 1.807) is 6.20 Å². The summed E-state index contributed by atoms with van der Waals surface area (Å²) in [5, 5.41) is 3.98. The first-order valence-electron chi connectivity index (χ1n) is 6.00. The van der Waals surface area contributed by atoms with Crippen LogP contribution < -0.4 is 5.32 Å². The molecule has 0 saturated heterocycles. The fraction of sp³-hybridized carbons (Fsp3) is 0.583. The van der Waals surface area contributed by atoms with Gasteiger partial charge in [-0.2, -0.15) is 4.37 Å². The molecule has 0 aliphatic carbocycles. The molecule has 6 heteroatoms. The van der Waals surface area contributed by atoms with Crippen LogP contribution in [0.2, 0.25) is 0 Å². The molecule has 2 aromatic rings. The molecule has 2 aromatic heterocycles. The highest BCUT2D eigenvalue weighted by Gasteiger charge is 2.19. The third-order valence-corrected chi connectivity index (χ3v) is 3.18. The number of hydrogen-bond donors (Lipinski definition) is 1. The fourth-order valence-corrected chi connectivity index (χ4v) is 2.00. The molecule has 2 rings (SSSR count). The molecule has 0 aliphatic heterocycles. The van der Waals surface area contributed by atoms with Gasteiger partial charge in [-0.15, -0.1) is 0 Å². The molecule has 5 nitrogen and oxygen atoms in total. The van der Waals surface area contributed by atoms with Crippen LogP contribution in [0.4, 0.5) is 5.13 Å². The van der Waals surface area contributed by atoms with Gasteiger partial charge >= 0.3 is 0 Å². The molecule has 0 atom stereocenters. The summed E-state index contributed by atoms with van der Waals surface area (Å²) in [6, 6.07) is 0. The number of nitrogens with one attached hydrogen (secondary N) is 1. The van der Waals surface area contributed by atoms with Crippen LogP contribution in [0.3, 0.4) is 0 Å². The average molecular weight is 266 g/mol. The van der Waals surface area contributed by atoms with Gasteiger partial charge in [-0.3, -0.25) is 0 Å². The van der Waals surface area contributed by atoms with E-state index in [1.807, 2.05) is 6.92 Å². The number of rotatable bonds is 4. The van der Waals surface area contributed by atoms with Crippen molar-refractivity contribution >= 4 is 16.7 Å². The van der Waals surface area contributed by atoms with E-state index in [0.29, 0.717) is 12.4 Å². The van der Waals surface area contributed by atoms with Gasteiger partial charge in [0, 0.05) is 23.4 Å². The largest absolute Gasteiger partial charge is 0.443 e. The molecule has 0 aliphatic rings. The Morgan fingerprint density at radius 3 is 2.72 bits per heavy atom. The number of nitrogens with zero attached hydrogens (tertiary/aromatic N) is 3. The molecule has 1 N–H and O–H groups in total. The summed E-state index contributed by atoms with van der Waals surface area (Å²) in [6.07, 6.45) is 2.64. The molecule has 0 spiro atoms. The molecule has 0 fully saturated rings. The summed E-state index contributed by atoms with van der Waals surface area (Å²) in [5.41, 5.74) is -0.0105. The summed E-state index contributed by atoms with van der Waals surface area (Å²) in [5.74, 6) is 2.43. The maximum absolute atomic E-state index is 5.69. The van der Waals surface area contributed by atoms with Crippen LogP contribution in [-0.4, -0.2) is 14.3 Å². The minimum atomic E-state index is -0.0105. The van der Waals surface area contributed by atoms with E-state index in [0.717, 1.165) is 23.1 Å². The lowest BCUT2D eigenvalue weighted by molar-refractivity contribution is 0.385. The summed E-state index contributed by atoms with van der Waals surface area (Å²) in [4.78, 5) is 8.58. The van der Waals surface area contributed by atoms with Crippen molar-refractivity contribution in [1.29, 1.82) is 0 Å². The van der Waals surface area contributed by atoms with Crippen LogP contribution in [0.15, 0.2) is 10.6 Å². The smallest absolute Gasteiger partial charge is 0.213 e. The van der Waals surface area contributed by atoms with E-state index in [-0.39, 0.29) is 5.41 Å². The molecule has 18 heavy (non-hydrogen) atoms. The number of anilines is 1. The van der Waals surface area contributed by atoms with Crippen LogP contribution in [0.1, 0.15) is 45.2 Å².